The maximum absolute atomic E-state index is 14.0. The molecular weight excluding hydrogens is 593 g/mol. The van der Waals surface area contributed by atoms with E-state index in [0.29, 0.717) is 40.2 Å². The third-order valence-electron chi connectivity index (χ3n) is 9.73. The number of rotatable bonds is 6. The van der Waals surface area contributed by atoms with Crippen molar-refractivity contribution in [2.24, 2.45) is 17.8 Å². The number of methoxy groups -OCH3 is 2. The van der Waals surface area contributed by atoms with E-state index in [0.717, 1.165) is 56.5 Å². The van der Waals surface area contributed by atoms with Crippen LogP contribution in [-0.4, -0.2) is 55.0 Å². The van der Waals surface area contributed by atoms with Crippen molar-refractivity contribution in [3.8, 4) is 0 Å². The second kappa shape index (κ2) is 12.6. The number of fused-ring (bicyclic) bond motifs is 7. The molecule has 0 aromatic carbocycles. The van der Waals surface area contributed by atoms with E-state index in [2.05, 4.69) is 32.7 Å². The Labute approximate surface area is 284 Å². The normalized spacial score (nSPS) is 23.7. The van der Waals surface area contributed by atoms with Crippen molar-refractivity contribution < 1.29 is 23.9 Å². The van der Waals surface area contributed by atoms with Crippen LogP contribution in [0.1, 0.15) is 87.6 Å². The predicted octanol–water partition coefficient (Wildman–Crippen LogP) is 2.83. The van der Waals surface area contributed by atoms with E-state index in [1.807, 2.05) is 38.2 Å². The zero-order valence-electron chi connectivity index (χ0n) is 27.5. The molecule has 3 aromatic heterocycles. The Balaban J connectivity index is 0.00000417. The molecular formula is C36H37MgN4O5-. The third kappa shape index (κ3) is 5.11. The number of hydrogen-bond donors (Lipinski definition) is 1. The molecule has 1 aliphatic carbocycles. The van der Waals surface area contributed by atoms with Gasteiger partial charge in [0.15, 0.2) is 5.78 Å². The standard InChI is InChI=1S/C36H38N4O5.Mg/c1-9-20-16(3)23-13-25-18(5)22(11-12-29(41)44-7)33(39-25)31-32(36(43)45-8)35(42)30-19(6)26(40-34(30)31)15-28-21(10-2)17(4)24(38-28)14-27(20)37-23;/h9,13-15,18,22,32H,1,10-12H2,2-8H3,(H2,39,40,42);/q-2;+2/p-1/b24-14-,25-13-,28-15-;/t18-,22-,32+;/m0./s1. The van der Waals surface area contributed by atoms with Crippen molar-refractivity contribution in [3.05, 3.63) is 84.8 Å². The van der Waals surface area contributed by atoms with Crippen LogP contribution >= 0.6 is 0 Å². The number of ketones is 1. The van der Waals surface area contributed by atoms with Gasteiger partial charge in [-0.2, -0.15) is 0 Å². The number of carbonyl (C=O) groups excluding carboxylic acids is 3. The molecule has 0 saturated carbocycles. The molecule has 8 bridgehead atoms. The van der Waals surface area contributed by atoms with Crippen molar-refractivity contribution in [1.82, 2.24) is 20.3 Å². The van der Waals surface area contributed by atoms with Gasteiger partial charge in [-0.25, -0.2) is 0 Å². The second-order valence-electron chi connectivity index (χ2n) is 12.0. The van der Waals surface area contributed by atoms with Gasteiger partial charge in [0.2, 0.25) is 0 Å². The minimum Gasteiger partial charge on any atom is -0.657 e. The largest absolute Gasteiger partial charge is 2.00 e. The summed E-state index contributed by atoms with van der Waals surface area (Å²) in [6.07, 6.45) is 9.14. The van der Waals surface area contributed by atoms with E-state index in [1.54, 1.807) is 0 Å². The summed E-state index contributed by atoms with van der Waals surface area (Å²) in [4.78, 5) is 54.7. The minimum atomic E-state index is -1.17. The van der Waals surface area contributed by atoms with Crippen LogP contribution in [0.4, 0.5) is 0 Å². The molecule has 6 rings (SSSR count). The monoisotopic (exact) mass is 629 g/mol. The SMILES string of the molecule is C=Cc1c2[n-]c(c1C)/C=C1\N/C(=C3\c4[n-]c(c(C)c4C(=O)[C@@H]3C(=O)OC)/C=c3\[n-]/c(c(C)c3CC)=C\2)[C@@H](CCC(=O)OC)[C@@H]1C.[Mg+2]. The Hall–Kier alpha value is -4.02. The number of nitrogens with one attached hydrogen (secondary N) is 1. The molecule has 3 aromatic rings. The molecule has 234 valence electrons. The smallest absolute Gasteiger partial charge is 0.657 e. The molecule has 0 unspecified atom stereocenters. The van der Waals surface area contributed by atoms with Gasteiger partial charge in [-0.15, -0.1) is 33.5 Å². The Morgan fingerprint density at radius 1 is 0.957 bits per heavy atom. The topological polar surface area (TPSA) is 124 Å². The van der Waals surface area contributed by atoms with Gasteiger partial charge in [0, 0.05) is 35.2 Å². The average Bonchev–Trinajstić information content (AvgIpc) is 3.76. The Morgan fingerprint density at radius 2 is 1.65 bits per heavy atom. The molecule has 46 heavy (non-hydrogen) atoms. The van der Waals surface area contributed by atoms with Crippen LogP contribution in [0.2, 0.25) is 0 Å². The zero-order chi connectivity index (χ0) is 32.3. The summed E-state index contributed by atoms with van der Waals surface area (Å²) in [6.45, 7) is 14.2. The van der Waals surface area contributed by atoms with E-state index < -0.39 is 11.9 Å². The number of esters is 2. The van der Waals surface area contributed by atoms with Gasteiger partial charge in [-0.3, -0.25) is 14.4 Å². The first-order chi connectivity index (χ1) is 21.5. The van der Waals surface area contributed by atoms with E-state index in [4.69, 9.17) is 24.4 Å². The molecule has 1 fully saturated rings. The first-order valence-electron chi connectivity index (χ1n) is 15.3. The van der Waals surface area contributed by atoms with Crippen LogP contribution < -0.4 is 31.0 Å². The summed E-state index contributed by atoms with van der Waals surface area (Å²) in [5.41, 5.74) is 9.88. The summed E-state index contributed by atoms with van der Waals surface area (Å²) in [5.74, 6) is -2.82. The fraction of sp³-hybridized carbons (Fsp3) is 0.361. The first kappa shape index (κ1) is 33.3. The van der Waals surface area contributed by atoms with Gasteiger partial charge in [0.25, 0.3) is 0 Å². The van der Waals surface area contributed by atoms with Crippen LogP contribution in [0, 0.1) is 38.5 Å². The van der Waals surface area contributed by atoms with Gasteiger partial charge < -0.3 is 29.7 Å². The van der Waals surface area contributed by atoms with Crippen molar-refractivity contribution in [3.63, 3.8) is 0 Å². The van der Waals surface area contributed by atoms with E-state index >= 15 is 0 Å². The summed E-state index contributed by atoms with van der Waals surface area (Å²) in [5, 5.41) is 5.18. The maximum Gasteiger partial charge on any atom is 2.00 e. The Kier molecular flexibility index (Phi) is 9.16. The average molecular weight is 630 g/mol. The third-order valence-corrected chi connectivity index (χ3v) is 9.73. The van der Waals surface area contributed by atoms with Crippen molar-refractivity contribution in [2.45, 2.75) is 53.9 Å². The van der Waals surface area contributed by atoms with E-state index in [1.165, 1.54) is 14.2 Å². The number of hydrogen-bond acceptors (Lipinski definition) is 6. The van der Waals surface area contributed by atoms with Crippen LogP contribution in [0.5, 0.6) is 0 Å². The summed E-state index contributed by atoms with van der Waals surface area (Å²) < 4.78 is 10.1. The molecule has 3 atom stereocenters. The van der Waals surface area contributed by atoms with E-state index in [9.17, 15) is 14.4 Å². The van der Waals surface area contributed by atoms with Crippen molar-refractivity contribution in [1.29, 1.82) is 0 Å². The minimum absolute atomic E-state index is 0. The van der Waals surface area contributed by atoms with Crippen LogP contribution in [0.15, 0.2) is 18.0 Å². The van der Waals surface area contributed by atoms with E-state index in [-0.39, 0.29) is 53.1 Å². The molecule has 1 N–H and O–H groups in total. The van der Waals surface area contributed by atoms with Gasteiger partial charge in [-0.05, 0) is 44.7 Å². The molecule has 3 aliphatic rings. The van der Waals surface area contributed by atoms with Gasteiger partial charge in [0.1, 0.15) is 5.92 Å². The van der Waals surface area contributed by atoms with Gasteiger partial charge in [-0.1, -0.05) is 67.0 Å². The van der Waals surface area contributed by atoms with Crippen LogP contribution in [-0.2, 0) is 25.5 Å². The number of nitrogens with zero attached hydrogens (tertiary/aromatic N) is 3. The first-order valence-corrected chi connectivity index (χ1v) is 15.3. The van der Waals surface area contributed by atoms with Crippen molar-refractivity contribution >= 4 is 70.7 Å². The van der Waals surface area contributed by atoms with Crippen LogP contribution in [0.3, 0.4) is 0 Å². The molecule has 2 aliphatic heterocycles. The molecule has 0 amide bonds. The van der Waals surface area contributed by atoms with Gasteiger partial charge in [0.05, 0.1) is 14.2 Å². The molecule has 9 nitrogen and oxygen atoms in total. The summed E-state index contributed by atoms with van der Waals surface area (Å²) in [6, 6.07) is 0. The number of carbonyl (C=O) groups is 3. The van der Waals surface area contributed by atoms with Crippen LogP contribution in [0.25, 0.3) is 29.9 Å². The zero-order valence-corrected chi connectivity index (χ0v) is 28.9. The molecule has 10 heteroatoms. The number of Topliss-reactive ketones (excluding diaryl/α,β-unsaturated/α-hetero) is 1. The summed E-state index contributed by atoms with van der Waals surface area (Å²) in [7, 11) is 2.65. The van der Waals surface area contributed by atoms with Crippen molar-refractivity contribution in [2.75, 3.05) is 14.2 Å². The fourth-order valence-electron chi connectivity index (χ4n) is 7.13. The molecule has 5 heterocycles. The second-order valence-corrected chi connectivity index (χ2v) is 12.0. The Bertz CT molecular complexity index is 1990. The van der Waals surface area contributed by atoms with Gasteiger partial charge >= 0.3 is 35.0 Å². The quantitative estimate of drug-likeness (QED) is 0.249. The fourth-order valence-corrected chi connectivity index (χ4v) is 7.13. The number of allylic oxidation sites excluding steroid dienone is 2. The molecule has 0 spiro atoms. The maximum atomic E-state index is 14.0. The molecule has 0 radical (unpaired) electrons. The Morgan fingerprint density at radius 3 is 2.30 bits per heavy atom. The number of ether oxygens (including phenoxy) is 2. The molecule has 1 saturated heterocycles. The predicted molar refractivity (Wildman–Crippen MR) is 177 cm³/mol. The number of aromatic nitrogens is 3. The summed E-state index contributed by atoms with van der Waals surface area (Å²) >= 11 is 0.